The second-order valence-electron chi connectivity index (χ2n) is 8.72. The molecule has 3 aromatic carbocycles. The predicted octanol–water partition coefficient (Wildman–Crippen LogP) is 6.49. The van der Waals surface area contributed by atoms with E-state index in [0.29, 0.717) is 23.2 Å². The minimum Gasteiger partial charge on any atom is -0.506 e. The molecule has 0 atom stereocenters. The standard InChI is InChI=1S/C29H28N2O2S/c1-2-3-14-22-16-17-23(32)27-25(22)26-28(34-27)30-24(18-15-20-10-6-4-7-11-20)31(29(26)33)19-21-12-8-5-9-13-21/h4-13,16-17,32H,2-3,14-15,18-19H2,1H3. The van der Waals surface area contributed by atoms with Crippen LogP contribution in [0, 0.1) is 0 Å². The minimum atomic E-state index is -0.0217. The number of hydrogen-bond acceptors (Lipinski definition) is 4. The van der Waals surface area contributed by atoms with Crippen LogP contribution in [0.2, 0.25) is 0 Å². The molecule has 0 saturated heterocycles. The van der Waals surface area contributed by atoms with Gasteiger partial charge in [-0.2, -0.15) is 0 Å². The van der Waals surface area contributed by atoms with Gasteiger partial charge in [0.15, 0.2) is 0 Å². The maximum Gasteiger partial charge on any atom is 0.263 e. The largest absolute Gasteiger partial charge is 0.506 e. The van der Waals surface area contributed by atoms with Crippen LogP contribution in [0.1, 0.15) is 42.3 Å². The fourth-order valence-corrected chi connectivity index (χ4v) is 5.69. The Morgan fingerprint density at radius 3 is 2.26 bits per heavy atom. The van der Waals surface area contributed by atoms with Crippen molar-refractivity contribution < 1.29 is 5.11 Å². The molecule has 0 radical (unpaired) electrons. The summed E-state index contributed by atoms with van der Waals surface area (Å²) in [7, 11) is 0. The molecule has 0 spiro atoms. The van der Waals surface area contributed by atoms with Crippen molar-refractivity contribution >= 4 is 31.6 Å². The van der Waals surface area contributed by atoms with Crippen LogP contribution in [0.15, 0.2) is 77.6 Å². The summed E-state index contributed by atoms with van der Waals surface area (Å²) in [4.78, 5) is 19.8. The van der Waals surface area contributed by atoms with Crippen molar-refractivity contribution in [3.63, 3.8) is 0 Å². The van der Waals surface area contributed by atoms with Crippen molar-refractivity contribution in [2.24, 2.45) is 0 Å². The summed E-state index contributed by atoms with van der Waals surface area (Å²) in [5.41, 5.74) is 3.38. The van der Waals surface area contributed by atoms with Crippen LogP contribution >= 0.6 is 11.3 Å². The Balaban J connectivity index is 1.69. The third-order valence-corrected chi connectivity index (χ3v) is 7.46. The van der Waals surface area contributed by atoms with E-state index in [1.807, 2.05) is 59.2 Å². The molecular formula is C29H28N2O2S. The van der Waals surface area contributed by atoms with E-state index >= 15 is 0 Å². The van der Waals surface area contributed by atoms with E-state index in [9.17, 15) is 9.90 Å². The Labute approximate surface area is 203 Å². The average molecular weight is 469 g/mol. The molecule has 5 aromatic rings. The molecule has 2 aromatic heterocycles. The zero-order valence-corrected chi connectivity index (χ0v) is 20.1. The van der Waals surface area contributed by atoms with Gasteiger partial charge in [-0.1, -0.05) is 80.1 Å². The number of aromatic hydroxyl groups is 1. The lowest BCUT2D eigenvalue weighted by Crippen LogP contribution is -2.26. The lowest BCUT2D eigenvalue weighted by atomic mass is 10.0. The number of hydrogen-bond donors (Lipinski definition) is 1. The summed E-state index contributed by atoms with van der Waals surface area (Å²) in [6.45, 7) is 2.64. The van der Waals surface area contributed by atoms with Crippen LogP contribution in [-0.2, 0) is 25.8 Å². The molecule has 172 valence electrons. The number of phenolic OH excluding ortho intramolecular Hbond substituents is 1. The van der Waals surface area contributed by atoms with Gasteiger partial charge < -0.3 is 5.11 Å². The van der Waals surface area contributed by atoms with Gasteiger partial charge in [0.1, 0.15) is 16.4 Å². The van der Waals surface area contributed by atoms with Crippen molar-refractivity contribution in [3.05, 3.63) is 106 Å². The first-order valence-corrected chi connectivity index (χ1v) is 12.7. The molecule has 0 aliphatic carbocycles. The zero-order chi connectivity index (χ0) is 23.5. The van der Waals surface area contributed by atoms with Crippen molar-refractivity contribution in [2.75, 3.05) is 0 Å². The maximum atomic E-state index is 14.0. The maximum absolute atomic E-state index is 14.0. The van der Waals surface area contributed by atoms with Crippen molar-refractivity contribution in [1.82, 2.24) is 9.55 Å². The Hall–Kier alpha value is -3.44. The van der Waals surface area contributed by atoms with E-state index in [1.165, 1.54) is 16.9 Å². The van der Waals surface area contributed by atoms with E-state index in [4.69, 9.17) is 4.98 Å². The Morgan fingerprint density at radius 2 is 1.56 bits per heavy atom. The van der Waals surface area contributed by atoms with Crippen molar-refractivity contribution in [2.45, 2.75) is 45.6 Å². The van der Waals surface area contributed by atoms with Gasteiger partial charge in [-0.15, -0.1) is 11.3 Å². The van der Waals surface area contributed by atoms with Crippen LogP contribution in [0.5, 0.6) is 5.75 Å². The van der Waals surface area contributed by atoms with Crippen LogP contribution in [0.3, 0.4) is 0 Å². The van der Waals surface area contributed by atoms with Gasteiger partial charge in [0.2, 0.25) is 0 Å². The summed E-state index contributed by atoms with van der Waals surface area (Å²) in [6, 6.07) is 24.1. The van der Waals surface area contributed by atoms with Crippen molar-refractivity contribution in [1.29, 1.82) is 0 Å². The molecule has 0 aliphatic heterocycles. The zero-order valence-electron chi connectivity index (χ0n) is 19.3. The van der Waals surface area contributed by atoms with E-state index in [0.717, 1.165) is 52.7 Å². The van der Waals surface area contributed by atoms with Gasteiger partial charge in [0, 0.05) is 11.8 Å². The fourth-order valence-electron chi connectivity index (χ4n) is 4.55. The topological polar surface area (TPSA) is 55.1 Å². The van der Waals surface area contributed by atoms with Gasteiger partial charge in [0.25, 0.3) is 5.56 Å². The minimum absolute atomic E-state index is 0.0217. The normalized spacial score (nSPS) is 11.4. The first-order chi connectivity index (χ1) is 16.7. The van der Waals surface area contributed by atoms with Gasteiger partial charge in [0.05, 0.1) is 16.6 Å². The van der Waals surface area contributed by atoms with E-state index < -0.39 is 0 Å². The number of aryl methyl sites for hydroxylation is 3. The molecule has 1 N–H and O–H groups in total. The molecule has 0 amide bonds. The Morgan fingerprint density at radius 1 is 0.853 bits per heavy atom. The van der Waals surface area contributed by atoms with Gasteiger partial charge in [-0.25, -0.2) is 4.98 Å². The number of fused-ring (bicyclic) bond motifs is 3. The molecule has 0 unspecified atom stereocenters. The molecule has 0 fully saturated rings. The fraction of sp³-hybridized carbons (Fsp3) is 0.241. The second kappa shape index (κ2) is 9.82. The average Bonchev–Trinajstić information content (AvgIpc) is 3.26. The highest BCUT2D eigenvalue weighted by Gasteiger charge is 2.20. The molecular weight excluding hydrogens is 440 g/mol. The number of thiophene rings is 1. The first-order valence-electron chi connectivity index (χ1n) is 11.9. The highest BCUT2D eigenvalue weighted by atomic mass is 32.1. The number of nitrogens with zero attached hydrogens (tertiary/aromatic N) is 2. The number of unbranched alkanes of at least 4 members (excludes halogenated alkanes) is 1. The highest BCUT2D eigenvalue weighted by Crippen LogP contribution is 2.39. The van der Waals surface area contributed by atoms with E-state index in [1.54, 1.807) is 6.07 Å². The summed E-state index contributed by atoms with van der Waals surface area (Å²) >= 11 is 1.43. The third kappa shape index (κ3) is 4.36. The molecule has 0 aliphatic rings. The Bertz CT molecular complexity index is 1490. The predicted molar refractivity (Wildman–Crippen MR) is 141 cm³/mol. The van der Waals surface area contributed by atoms with Gasteiger partial charge >= 0.3 is 0 Å². The van der Waals surface area contributed by atoms with Crippen LogP contribution < -0.4 is 5.56 Å². The molecule has 0 bridgehead atoms. The second-order valence-corrected chi connectivity index (χ2v) is 9.72. The van der Waals surface area contributed by atoms with Gasteiger partial charge in [-0.3, -0.25) is 9.36 Å². The monoisotopic (exact) mass is 468 g/mol. The van der Waals surface area contributed by atoms with Crippen LogP contribution in [0.25, 0.3) is 20.3 Å². The molecule has 5 rings (SSSR count). The first kappa shape index (κ1) is 22.4. The summed E-state index contributed by atoms with van der Waals surface area (Å²) in [5, 5.41) is 12.1. The molecule has 4 nitrogen and oxygen atoms in total. The SMILES string of the molecule is CCCCc1ccc(O)c2sc3nc(CCc4ccccc4)n(Cc4ccccc4)c(=O)c3c12. The highest BCUT2D eigenvalue weighted by molar-refractivity contribution is 7.25. The third-order valence-electron chi connectivity index (χ3n) is 6.35. The van der Waals surface area contributed by atoms with E-state index in [2.05, 4.69) is 19.1 Å². The van der Waals surface area contributed by atoms with Gasteiger partial charge in [-0.05, 0) is 42.0 Å². The summed E-state index contributed by atoms with van der Waals surface area (Å²) < 4.78 is 2.60. The lowest BCUT2D eigenvalue weighted by Gasteiger charge is -2.13. The summed E-state index contributed by atoms with van der Waals surface area (Å²) in [5.74, 6) is 1.00. The summed E-state index contributed by atoms with van der Waals surface area (Å²) in [6.07, 6.45) is 4.48. The molecule has 0 saturated carbocycles. The number of phenols is 1. The molecule has 34 heavy (non-hydrogen) atoms. The number of aromatic nitrogens is 2. The smallest absolute Gasteiger partial charge is 0.263 e. The molecule has 2 heterocycles. The number of benzene rings is 3. The van der Waals surface area contributed by atoms with Crippen LogP contribution in [-0.4, -0.2) is 14.7 Å². The van der Waals surface area contributed by atoms with Crippen LogP contribution in [0.4, 0.5) is 0 Å². The van der Waals surface area contributed by atoms with E-state index in [-0.39, 0.29) is 11.3 Å². The molecule has 5 heteroatoms. The Kier molecular flexibility index (Phi) is 6.45. The number of rotatable bonds is 8. The lowest BCUT2D eigenvalue weighted by molar-refractivity contribution is 0.482. The quantitative estimate of drug-likeness (QED) is 0.283. The van der Waals surface area contributed by atoms with Crippen molar-refractivity contribution in [3.8, 4) is 5.75 Å².